The number of hydrogen-bond acceptors (Lipinski definition) is 6. The first kappa shape index (κ1) is 15.9. The van der Waals surface area contributed by atoms with Crippen LogP contribution in [0.4, 0.5) is 5.13 Å². The first-order valence-corrected chi connectivity index (χ1v) is 9.66. The van der Waals surface area contributed by atoms with Crippen molar-refractivity contribution in [1.29, 1.82) is 0 Å². The van der Waals surface area contributed by atoms with E-state index in [1.165, 1.54) is 35.1 Å². The van der Waals surface area contributed by atoms with Gasteiger partial charge in [0.2, 0.25) is 5.13 Å². The zero-order chi connectivity index (χ0) is 15.7. The number of aryl methyl sites for hydroxylation is 1. The van der Waals surface area contributed by atoms with Gasteiger partial charge in [-0.3, -0.25) is 0 Å². The summed E-state index contributed by atoms with van der Waals surface area (Å²) in [6.07, 6.45) is 3.46. The summed E-state index contributed by atoms with van der Waals surface area (Å²) in [4.78, 5) is 12.0. The Balaban J connectivity index is 1.74. The third kappa shape index (κ3) is 3.33. The van der Waals surface area contributed by atoms with Gasteiger partial charge < -0.3 is 4.90 Å². The molecule has 0 aromatic carbocycles. The Labute approximate surface area is 140 Å². The first-order valence-electron chi connectivity index (χ1n) is 8.01. The second-order valence-corrected chi connectivity index (χ2v) is 8.59. The number of aromatic nitrogens is 3. The molecule has 120 valence electrons. The van der Waals surface area contributed by atoms with Crippen LogP contribution >= 0.6 is 22.9 Å². The van der Waals surface area contributed by atoms with E-state index in [9.17, 15) is 0 Å². The van der Waals surface area contributed by atoms with Gasteiger partial charge in [0.25, 0.3) is 0 Å². The van der Waals surface area contributed by atoms with Crippen molar-refractivity contribution in [3.8, 4) is 0 Å². The molecule has 1 aliphatic heterocycles. The molecular formula is C16H24N4S2. The highest BCUT2D eigenvalue weighted by Crippen LogP contribution is 2.33. The SMILES string of the molecule is CCc1csc(C2CCCN(c3nc(C(C)(C)C)ns3)C2)n1. The molecule has 6 heteroatoms. The number of nitrogens with zero attached hydrogens (tertiary/aromatic N) is 4. The Bertz CT molecular complexity index is 626. The number of hydrogen-bond donors (Lipinski definition) is 0. The molecule has 0 bridgehead atoms. The lowest BCUT2D eigenvalue weighted by Gasteiger charge is -2.31. The molecule has 0 N–H and O–H groups in total. The number of piperidine rings is 1. The highest BCUT2D eigenvalue weighted by molar-refractivity contribution is 7.10. The van der Waals surface area contributed by atoms with Crippen molar-refractivity contribution in [3.63, 3.8) is 0 Å². The van der Waals surface area contributed by atoms with E-state index in [4.69, 9.17) is 9.97 Å². The van der Waals surface area contributed by atoms with Crippen LogP contribution in [0.3, 0.4) is 0 Å². The summed E-state index contributed by atoms with van der Waals surface area (Å²) in [6, 6.07) is 0. The number of rotatable bonds is 3. The Morgan fingerprint density at radius 1 is 1.32 bits per heavy atom. The van der Waals surface area contributed by atoms with Gasteiger partial charge in [0, 0.05) is 41.3 Å². The van der Waals surface area contributed by atoms with E-state index in [1.54, 1.807) is 0 Å². The molecule has 0 aliphatic carbocycles. The zero-order valence-electron chi connectivity index (χ0n) is 13.8. The minimum atomic E-state index is 0.0231. The van der Waals surface area contributed by atoms with Crippen LogP contribution < -0.4 is 4.90 Å². The average molecular weight is 337 g/mol. The minimum Gasteiger partial charge on any atom is -0.346 e. The van der Waals surface area contributed by atoms with Crippen molar-refractivity contribution in [2.24, 2.45) is 0 Å². The maximum absolute atomic E-state index is 4.78. The average Bonchev–Trinajstić information content (AvgIpc) is 3.16. The standard InChI is InChI=1S/C16H24N4S2/c1-5-12-10-21-13(17-12)11-7-6-8-20(9-11)15-18-14(19-22-15)16(2,3)4/h10-11H,5-9H2,1-4H3. The topological polar surface area (TPSA) is 41.9 Å². The van der Waals surface area contributed by atoms with Gasteiger partial charge >= 0.3 is 0 Å². The normalized spacial score (nSPS) is 19.6. The molecule has 0 spiro atoms. The summed E-state index contributed by atoms with van der Waals surface area (Å²) in [7, 11) is 0. The molecule has 0 radical (unpaired) electrons. The summed E-state index contributed by atoms with van der Waals surface area (Å²) in [5.74, 6) is 1.50. The molecule has 1 unspecified atom stereocenters. The lowest BCUT2D eigenvalue weighted by Crippen LogP contribution is -2.34. The van der Waals surface area contributed by atoms with Gasteiger partial charge in [0.05, 0.1) is 10.7 Å². The first-order chi connectivity index (χ1) is 10.5. The van der Waals surface area contributed by atoms with Crippen molar-refractivity contribution in [1.82, 2.24) is 14.3 Å². The molecule has 4 nitrogen and oxygen atoms in total. The predicted octanol–water partition coefficient (Wildman–Crippen LogP) is 4.24. The summed E-state index contributed by atoms with van der Waals surface area (Å²) in [6.45, 7) is 10.8. The van der Waals surface area contributed by atoms with E-state index in [0.29, 0.717) is 5.92 Å². The Morgan fingerprint density at radius 3 is 2.77 bits per heavy atom. The summed E-state index contributed by atoms with van der Waals surface area (Å²) in [5.41, 5.74) is 1.25. The van der Waals surface area contributed by atoms with Gasteiger partial charge in [-0.2, -0.15) is 4.37 Å². The van der Waals surface area contributed by atoms with Crippen LogP contribution in [0.2, 0.25) is 0 Å². The number of thiazole rings is 1. The summed E-state index contributed by atoms with van der Waals surface area (Å²) >= 11 is 3.35. The Kier molecular flexibility index (Phi) is 4.50. The van der Waals surface area contributed by atoms with E-state index in [-0.39, 0.29) is 5.41 Å². The van der Waals surface area contributed by atoms with Crippen molar-refractivity contribution < 1.29 is 0 Å². The van der Waals surface area contributed by atoms with E-state index >= 15 is 0 Å². The van der Waals surface area contributed by atoms with Gasteiger partial charge in [-0.15, -0.1) is 11.3 Å². The zero-order valence-corrected chi connectivity index (χ0v) is 15.4. The van der Waals surface area contributed by atoms with E-state index in [2.05, 4.69) is 42.3 Å². The van der Waals surface area contributed by atoms with Crippen LogP contribution in [0.1, 0.15) is 63.0 Å². The second kappa shape index (κ2) is 6.24. The fraction of sp³-hybridized carbons (Fsp3) is 0.688. The molecule has 2 aromatic heterocycles. The molecule has 0 amide bonds. The highest BCUT2D eigenvalue weighted by Gasteiger charge is 2.27. The molecule has 0 saturated carbocycles. The molecule has 1 saturated heterocycles. The van der Waals surface area contributed by atoms with E-state index in [1.807, 2.05) is 11.3 Å². The van der Waals surface area contributed by atoms with Crippen molar-refractivity contribution in [2.45, 2.75) is 58.3 Å². The van der Waals surface area contributed by atoms with Crippen LogP contribution in [-0.2, 0) is 11.8 Å². The molecule has 1 atom stereocenters. The maximum Gasteiger partial charge on any atom is 0.205 e. The van der Waals surface area contributed by atoms with Gasteiger partial charge in [-0.25, -0.2) is 9.97 Å². The third-order valence-electron chi connectivity index (χ3n) is 4.06. The summed E-state index contributed by atoms with van der Waals surface area (Å²) in [5, 5.41) is 4.57. The lowest BCUT2D eigenvalue weighted by atomic mass is 9.96. The van der Waals surface area contributed by atoms with E-state index < -0.39 is 0 Å². The van der Waals surface area contributed by atoms with Crippen LogP contribution in [0.15, 0.2) is 5.38 Å². The molecule has 2 aromatic rings. The lowest BCUT2D eigenvalue weighted by molar-refractivity contribution is 0.504. The van der Waals surface area contributed by atoms with Gasteiger partial charge in [0.15, 0.2) is 0 Å². The van der Waals surface area contributed by atoms with Crippen LogP contribution in [0, 0.1) is 0 Å². The van der Waals surface area contributed by atoms with Gasteiger partial charge in [-0.05, 0) is 19.3 Å². The highest BCUT2D eigenvalue weighted by atomic mass is 32.1. The van der Waals surface area contributed by atoms with E-state index in [0.717, 1.165) is 30.5 Å². The second-order valence-electron chi connectivity index (χ2n) is 6.97. The fourth-order valence-electron chi connectivity index (χ4n) is 2.67. The third-order valence-corrected chi connectivity index (χ3v) is 5.89. The Hall–Kier alpha value is -1.01. The number of anilines is 1. The monoisotopic (exact) mass is 336 g/mol. The fourth-order valence-corrected chi connectivity index (χ4v) is 4.60. The quantitative estimate of drug-likeness (QED) is 0.841. The molecule has 1 fully saturated rings. The van der Waals surface area contributed by atoms with Gasteiger partial charge in [0.1, 0.15) is 5.82 Å². The van der Waals surface area contributed by atoms with Crippen LogP contribution in [0.5, 0.6) is 0 Å². The van der Waals surface area contributed by atoms with Crippen LogP contribution in [0.25, 0.3) is 0 Å². The molecule has 3 heterocycles. The smallest absolute Gasteiger partial charge is 0.205 e. The summed E-state index contributed by atoms with van der Waals surface area (Å²) < 4.78 is 4.55. The Morgan fingerprint density at radius 2 is 2.14 bits per heavy atom. The molecular weight excluding hydrogens is 312 g/mol. The maximum atomic E-state index is 4.78. The van der Waals surface area contributed by atoms with Crippen molar-refractivity contribution >= 4 is 28.0 Å². The predicted molar refractivity (Wildman–Crippen MR) is 94.3 cm³/mol. The molecule has 3 rings (SSSR count). The van der Waals surface area contributed by atoms with Crippen LogP contribution in [-0.4, -0.2) is 27.4 Å². The minimum absolute atomic E-state index is 0.0231. The largest absolute Gasteiger partial charge is 0.346 e. The van der Waals surface area contributed by atoms with Crippen molar-refractivity contribution in [3.05, 3.63) is 21.9 Å². The van der Waals surface area contributed by atoms with Gasteiger partial charge in [-0.1, -0.05) is 27.7 Å². The molecule has 1 aliphatic rings. The molecule has 22 heavy (non-hydrogen) atoms. The van der Waals surface area contributed by atoms with Crippen molar-refractivity contribution in [2.75, 3.05) is 18.0 Å².